The summed E-state index contributed by atoms with van der Waals surface area (Å²) in [5.41, 5.74) is 1.47. The number of aliphatic hydroxyl groups is 1. The van der Waals surface area contributed by atoms with Crippen molar-refractivity contribution in [2.24, 2.45) is 0 Å². The van der Waals surface area contributed by atoms with Gasteiger partial charge in [0.2, 0.25) is 6.35 Å². The first kappa shape index (κ1) is 26.3. The maximum Gasteiger partial charge on any atom is 0.573 e. The number of nitrogens with zero attached hydrogens (tertiary/aromatic N) is 5. The summed E-state index contributed by atoms with van der Waals surface area (Å²) in [5.74, 6) is -0.888. The van der Waals surface area contributed by atoms with E-state index in [0.717, 1.165) is 22.6 Å². The summed E-state index contributed by atoms with van der Waals surface area (Å²) in [6.45, 7) is 0.222. The predicted octanol–water partition coefficient (Wildman–Crippen LogP) is 5.04. The number of carbonyl (C=O) groups excluding carboxylic acids is 1. The van der Waals surface area contributed by atoms with Crippen molar-refractivity contribution in [3.8, 4) is 17.5 Å². The maximum absolute atomic E-state index is 13.4. The summed E-state index contributed by atoms with van der Waals surface area (Å²) in [6.07, 6.45) is -4.64. The van der Waals surface area contributed by atoms with Gasteiger partial charge in [-0.05, 0) is 42.0 Å². The van der Waals surface area contributed by atoms with Crippen LogP contribution in [0.3, 0.4) is 0 Å². The number of hydrogen-bond donors (Lipinski definition) is 1. The topological polar surface area (TPSA) is 93.0 Å². The SMILES string of the molecule is CN1C(=O)c2c(nc(Oc3cccc(OC(F)(F)F)c3)n2Cc2ccc(Cl)cc2)N(Cc2ccccn2)C1O. The lowest BCUT2D eigenvalue weighted by Gasteiger charge is -2.38. The number of amides is 1. The summed E-state index contributed by atoms with van der Waals surface area (Å²) in [5, 5.41) is 11.5. The molecule has 13 heteroatoms. The highest BCUT2D eigenvalue weighted by molar-refractivity contribution is 6.30. The number of halogens is 4. The molecule has 0 bridgehead atoms. The van der Waals surface area contributed by atoms with Crippen molar-refractivity contribution < 1.29 is 32.5 Å². The van der Waals surface area contributed by atoms with Gasteiger partial charge in [-0.1, -0.05) is 35.9 Å². The van der Waals surface area contributed by atoms with Gasteiger partial charge in [-0.3, -0.25) is 19.2 Å². The normalized spacial score (nSPS) is 15.3. The Balaban J connectivity index is 1.59. The average molecular weight is 560 g/mol. The van der Waals surface area contributed by atoms with Gasteiger partial charge in [-0.25, -0.2) is 0 Å². The Morgan fingerprint density at radius 2 is 1.77 bits per heavy atom. The zero-order valence-electron chi connectivity index (χ0n) is 20.3. The molecule has 3 heterocycles. The van der Waals surface area contributed by atoms with E-state index in [4.69, 9.17) is 16.3 Å². The summed E-state index contributed by atoms with van der Waals surface area (Å²) in [6, 6.07) is 17.1. The van der Waals surface area contributed by atoms with Crippen LogP contribution in [0.1, 0.15) is 21.7 Å². The summed E-state index contributed by atoms with van der Waals surface area (Å²) >= 11 is 6.03. The smallest absolute Gasteiger partial charge is 0.425 e. The van der Waals surface area contributed by atoms with Crippen molar-refractivity contribution in [2.45, 2.75) is 25.8 Å². The molecule has 1 aliphatic rings. The molecular formula is C26H21ClF3N5O4. The van der Waals surface area contributed by atoms with Crippen LogP contribution in [0.4, 0.5) is 19.0 Å². The Bertz CT molecular complexity index is 1480. The lowest BCUT2D eigenvalue weighted by Crippen LogP contribution is -2.53. The molecule has 0 aliphatic carbocycles. The fourth-order valence-electron chi connectivity index (χ4n) is 4.08. The number of anilines is 1. The number of alkyl halides is 3. The number of benzene rings is 2. The van der Waals surface area contributed by atoms with Gasteiger partial charge in [0, 0.05) is 24.3 Å². The molecule has 0 radical (unpaired) electrons. The van der Waals surface area contributed by atoms with E-state index in [1.54, 1.807) is 48.7 Å². The number of hydrogen-bond acceptors (Lipinski definition) is 7. The van der Waals surface area contributed by atoms with Gasteiger partial charge in [0.1, 0.15) is 11.5 Å². The molecule has 1 unspecified atom stereocenters. The Morgan fingerprint density at radius 3 is 2.46 bits per heavy atom. The first-order valence-corrected chi connectivity index (χ1v) is 12.0. The number of rotatable bonds is 7. The van der Waals surface area contributed by atoms with E-state index in [-0.39, 0.29) is 36.4 Å². The molecule has 2 aromatic heterocycles. The molecule has 2 aromatic carbocycles. The minimum Gasteiger partial charge on any atom is -0.425 e. The number of aromatic nitrogens is 3. The fraction of sp³-hybridized carbons (Fsp3) is 0.192. The van der Waals surface area contributed by atoms with Crippen molar-refractivity contribution in [1.29, 1.82) is 0 Å². The number of carbonyl (C=O) groups is 1. The van der Waals surface area contributed by atoms with Crippen LogP contribution in [0, 0.1) is 0 Å². The van der Waals surface area contributed by atoms with E-state index < -0.39 is 24.4 Å². The van der Waals surface area contributed by atoms with Gasteiger partial charge >= 0.3 is 12.4 Å². The van der Waals surface area contributed by atoms with Crippen LogP contribution in [-0.2, 0) is 13.1 Å². The van der Waals surface area contributed by atoms with Crippen LogP contribution in [0.5, 0.6) is 17.5 Å². The third kappa shape index (κ3) is 5.76. The molecule has 0 saturated heterocycles. The molecule has 1 atom stereocenters. The highest BCUT2D eigenvalue weighted by Crippen LogP contribution is 2.37. The molecule has 0 spiro atoms. The van der Waals surface area contributed by atoms with E-state index in [9.17, 15) is 23.1 Å². The number of imidazole rings is 1. The van der Waals surface area contributed by atoms with Gasteiger partial charge in [-0.15, -0.1) is 13.2 Å². The summed E-state index contributed by atoms with van der Waals surface area (Å²) < 4.78 is 49.7. The summed E-state index contributed by atoms with van der Waals surface area (Å²) in [4.78, 5) is 24.8. The standard InChI is InChI=1S/C26H21ClF3N5O4/c1-33-23(36)21-22(35(25(33)37)15-18-5-2-3-12-31-18)32-24(34(21)14-16-8-10-17(27)11-9-16)38-19-6-4-7-20(13-19)39-26(28,29)30/h2-13,25,37H,14-15H2,1H3. The minimum atomic E-state index is -4.89. The molecule has 5 rings (SSSR count). The van der Waals surface area contributed by atoms with Crippen LogP contribution < -0.4 is 14.4 Å². The van der Waals surface area contributed by atoms with Crippen LogP contribution in [-0.4, -0.2) is 50.2 Å². The second kappa shape index (κ2) is 10.5. The van der Waals surface area contributed by atoms with Crippen molar-refractivity contribution >= 4 is 23.3 Å². The van der Waals surface area contributed by atoms with Crippen molar-refractivity contribution in [2.75, 3.05) is 11.9 Å². The monoisotopic (exact) mass is 559 g/mol. The molecule has 1 N–H and O–H groups in total. The highest BCUT2D eigenvalue weighted by atomic mass is 35.5. The molecule has 1 amide bonds. The Kier molecular flexibility index (Phi) is 7.06. The van der Waals surface area contributed by atoms with Crippen LogP contribution >= 0.6 is 11.6 Å². The van der Waals surface area contributed by atoms with E-state index in [1.165, 1.54) is 28.6 Å². The first-order chi connectivity index (χ1) is 18.6. The molecule has 39 heavy (non-hydrogen) atoms. The van der Waals surface area contributed by atoms with Gasteiger partial charge in [0.05, 0.1) is 18.8 Å². The van der Waals surface area contributed by atoms with Crippen molar-refractivity contribution in [3.63, 3.8) is 0 Å². The third-order valence-electron chi connectivity index (χ3n) is 5.89. The van der Waals surface area contributed by atoms with Gasteiger partial charge in [0.15, 0.2) is 11.5 Å². The zero-order valence-corrected chi connectivity index (χ0v) is 21.1. The maximum atomic E-state index is 13.4. The largest absolute Gasteiger partial charge is 0.573 e. The molecule has 1 aliphatic heterocycles. The molecule has 4 aromatic rings. The Labute approximate surface area is 225 Å². The van der Waals surface area contributed by atoms with Crippen molar-refractivity contribution in [3.05, 3.63) is 94.9 Å². The van der Waals surface area contributed by atoms with Gasteiger partial charge < -0.3 is 19.5 Å². The molecule has 9 nitrogen and oxygen atoms in total. The van der Waals surface area contributed by atoms with E-state index in [2.05, 4.69) is 14.7 Å². The molecular weight excluding hydrogens is 539 g/mol. The number of pyridine rings is 1. The van der Waals surface area contributed by atoms with E-state index in [1.807, 2.05) is 0 Å². The van der Waals surface area contributed by atoms with E-state index in [0.29, 0.717) is 10.7 Å². The van der Waals surface area contributed by atoms with Crippen LogP contribution in [0.25, 0.3) is 0 Å². The number of aliphatic hydroxyl groups excluding tert-OH is 1. The lowest BCUT2D eigenvalue weighted by atomic mass is 10.2. The average Bonchev–Trinajstić information content (AvgIpc) is 3.24. The second-order valence-electron chi connectivity index (χ2n) is 8.62. The molecule has 202 valence electrons. The molecule has 0 fully saturated rings. The highest BCUT2D eigenvalue weighted by Gasteiger charge is 2.40. The van der Waals surface area contributed by atoms with Crippen LogP contribution in [0.15, 0.2) is 72.9 Å². The van der Waals surface area contributed by atoms with Gasteiger partial charge in [0.25, 0.3) is 5.91 Å². The third-order valence-corrected chi connectivity index (χ3v) is 6.15. The predicted molar refractivity (Wildman–Crippen MR) is 135 cm³/mol. The number of fused-ring (bicyclic) bond motifs is 1. The quantitative estimate of drug-likeness (QED) is 0.339. The summed E-state index contributed by atoms with van der Waals surface area (Å²) in [7, 11) is 1.44. The van der Waals surface area contributed by atoms with E-state index >= 15 is 0 Å². The number of ether oxygens (including phenoxy) is 2. The minimum absolute atomic E-state index is 0.00548. The Morgan fingerprint density at radius 1 is 1.03 bits per heavy atom. The van der Waals surface area contributed by atoms with Crippen LogP contribution in [0.2, 0.25) is 5.02 Å². The fourth-order valence-corrected chi connectivity index (χ4v) is 4.21. The first-order valence-electron chi connectivity index (χ1n) is 11.6. The lowest BCUT2D eigenvalue weighted by molar-refractivity contribution is -0.274. The molecule has 0 saturated carbocycles. The Hall–Kier alpha value is -4.29. The van der Waals surface area contributed by atoms with Gasteiger partial charge in [-0.2, -0.15) is 4.98 Å². The second-order valence-corrected chi connectivity index (χ2v) is 9.05. The van der Waals surface area contributed by atoms with Crippen molar-refractivity contribution in [1.82, 2.24) is 19.4 Å². The zero-order chi connectivity index (χ0) is 27.7.